The maximum absolute atomic E-state index is 9.08. The molecule has 1 aliphatic heterocycles. The van der Waals surface area contributed by atoms with Crippen LogP contribution in [-0.2, 0) is 6.54 Å². The van der Waals surface area contributed by atoms with E-state index in [9.17, 15) is 0 Å². The molecular weight excluding hydrogens is 206 g/mol. The molecule has 0 spiro atoms. The molecule has 4 nitrogen and oxygen atoms in total. The lowest BCUT2D eigenvalue weighted by molar-refractivity contribution is -0.706. The zero-order valence-corrected chi connectivity index (χ0v) is 9.48. The second kappa shape index (κ2) is 5.18. The van der Waals surface area contributed by atoms with Gasteiger partial charge in [0.25, 0.3) is 0 Å². The summed E-state index contributed by atoms with van der Waals surface area (Å²) in [4.78, 5) is 0. The Bertz CT molecular complexity index is 350. The maximum atomic E-state index is 9.08. The van der Waals surface area contributed by atoms with Crippen LogP contribution in [0.1, 0.15) is 18.9 Å². The van der Waals surface area contributed by atoms with Gasteiger partial charge >= 0.3 is 0 Å². The van der Waals surface area contributed by atoms with Gasteiger partial charge < -0.3 is 19.9 Å². The Hall–Kier alpha value is -1.26. The third kappa shape index (κ3) is 2.46. The largest absolute Gasteiger partial charge is 0.454 e. The SMILES string of the molecule is CC[C@@H](CO)[NH2+]Cc1ccc2c(c1)OCO2. The van der Waals surface area contributed by atoms with Crippen LogP contribution < -0.4 is 14.8 Å². The highest BCUT2D eigenvalue weighted by Crippen LogP contribution is 2.32. The van der Waals surface area contributed by atoms with E-state index in [0.717, 1.165) is 24.5 Å². The minimum Gasteiger partial charge on any atom is -0.454 e. The third-order valence-electron chi connectivity index (χ3n) is 2.88. The first-order valence-corrected chi connectivity index (χ1v) is 5.66. The summed E-state index contributed by atoms with van der Waals surface area (Å²) in [5.41, 5.74) is 1.19. The predicted molar refractivity (Wildman–Crippen MR) is 59.4 cm³/mol. The highest BCUT2D eigenvalue weighted by atomic mass is 16.7. The quantitative estimate of drug-likeness (QED) is 0.754. The van der Waals surface area contributed by atoms with E-state index in [-0.39, 0.29) is 12.6 Å². The van der Waals surface area contributed by atoms with Gasteiger partial charge in [-0.05, 0) is 24.6 Å². The number of hydrogen-bond donors (Lipinski definition) is 2. The zero-order chi connectivity index (χ0) is 11.4. The van der Waals surface area contributed by atoms with Crippen molar-refractivity contribution in [1.82, 2.24) is 0 Å². The van der Waals surface area contributed by atoms with Crippen molar-refractivity contribution in [2.75, 3.05) is 13.4 Å². The van der Waals surface area contributed by atoms with E-state index >= 15 is 0 Å². The lowest BCUT2D eigenvalue weighted by Crippen LogP contribution is -2.89. The Kier molecular flexibility index (Phi) is 3.64. The first kappa shape index (κ1) is 11.2. The third-order valence-corrected chi connectivity index (χ3v) is 2.88. The number of rotatable bonds is 5. The molecule has 16 heavy (non-hydrogen) atoms. The summed E-state index contributed by atoms with van der Waals surface area (Å²) in [6.45, 7) is 3.48. The van der Waals surface area contributed by atoms with Crippen LogP contribution in [0, 0.1) is 0 Å². The van der Waals surface area contributed by atoms with Gasteiger partial charge in [0.05, 0.1) is 6.61 Å². The fraction of sp³-hybridized carbons (Fsp3) is 0.500. The van der Waals surface area contributed by atoms with Crippen LogP contribution in [0.5, 0.6) is 11.5 Å². The Morgan fingerprint density at radius 2 is 2.19 bits per heavy atom. The highest BCUT2D eigenvalue weighted by Gasteiger charge is 2.14. The molecule has 1 atom stereocenters. The number of aliphatic hydroxyl groups is 1. The van der Waals surface area contributed by atoms with Crippen LogP contribution in [-0.4, -0.2) is 24.5 Å². The molecule has 1 aliphatic rings. The molecule has 2 rings (SSSR count). The fourth-order valence-electron chi connectivity index (χ4n) is 1.74. The van der Waals surface area contributed by atoms with Crippen molar-refractivity contribution in [1.29, 1.82) is 0 Å². The summed E-state index contributed by atoms with van der Waals surface area (Å²) in [7, 11) is 0. The van der Waals surface area contributed by atoms with Crippen LogP contribution in [0.15, 0.2) is 18.2 Å². The molecule has 0 aromatic heterocycles. The molecule has 3 N–H and O–H groups in total. The Labute approximate surface area is 95.2 Å². The molecule has 0 unspecified atom stereocenters. The van der Waals surface area contributed by atoms with E-state index in [1.54, 1.807) is 0 Å². The van der Waals surface area contributed by atoms with Crippen molar-refractivity contribution < 1.29 is 19.9 Å². The van der Waals surface area contributed by atoms with Crippen molar-refractivity contribution in [3.63, 3.8) is 0 Å². The van der Waals surface area contributed by atoms with Gasteiger partial charge in [0.15, 0.2) is 11.5 Å². The molecular formula is C12H18NO3+. The van der Waals surface area contributed by atoms with Gasteiger partial charge in [0, 0.05) is 5.56 Å². The topological polar surface area (TPSA) is 55.3 Å². The second-order valence-electron chi connectivity index (χ2n) is 3.98. The van der Waals surface area contributed by atoms with E-state index in [1.165, 1.54) is 5.56 Å². The minimum atomic E-state index is 0.223. The number of aliphatic hydroxyl groups excluding tert-OH is 1. The molecule has 88 valence electrons. The Balaban J connectivity index is 1.95. The normalized spacial score (nSPS) is 15.1. The van der Waals surface area contributed by atoms with Crippen molar-refractivity contribution in [3.8, 4) is 11.5 Å². The molecule has 1 aromatic rings. The fourth-order valence-corrected chi connectivity index (χ4v) is 1.74. The molecule has 0 saturated heterocycles. The molecule has 0 radical (unpaired) electrons. The standard InChI is InChI=1S/C12H17NO3/c1-2-10(7-14)13-6-9-3-4-11-12(5-9)16-8-15-11/h3-5,10,13-14H,2,6-8H2,1H3/p+1/t10-/m0/s1. The summed E-state index contributed by atoms with van der Waals surface area (Å²) in [5, 5.41) is 11.2. The van der Waals surface area contributed by atoms with Gasteiger partial charge in [-0.25, -0.2) is 0 Å². The number of benzene rings is 1. The van der Waals surface area contributed by atoms with E-state index in [4.69, 9.17) is 14.6 Å². The van der Waals surface area contributed by atoms with Crippen LogP contribution >= 0.6 is 0 Å². The average molecular weight is 224 g/mol. The number of fused-ring (bicyclic) bond motifs is 1. The summed E-state index contributed by atoms with van der Waals surface area (Å²) in [6.07, 6.45) is 0.973. The van der Waals surface area contributed by atoms with Gasteiger partial charge in [0.1, 0.15) is 12.6 Å². The summed E-state index contributed by atoms with van der Waals surface area (Å²) < 4.78 is 10.6. The van der Waals surface area contributed by atoms with Crippen LogP contribution in [0.4, 0.5) is 0 Å². The van der Waals surface area contributed by atoms with Crippen molar-refractivity contribution >= 4 is 0 Å². The lowest BCUT2D eigenvalue weighted by Gasteiger charge is -2.10. The Morgan fingerprint density at radius 1 is 1.38 bits per heavy atom. The van der Waals surface area contributed by atoms with Gasteiger partial charge in [0.2, 0.25) is 6.79 Å². The van der Waals surface area contributed by atoms with E-state index in [2.05, 4.69) is 12.2 Å². The van der Waals surface area contributed by atoms with Crippen molar-refractivity contribution in [3.05, 3.63) is 23.8 Å². The van der Waals surface area contributed by atoms with Gasteiger partial charge in [-0.15, -0.1) is 0 Å². The van der Waals surface area contributed by atoms with Crippen LogP contribution in [0.25, 0.3) is 0 Å². The predicted octanol–water partition coefficient (Wildman–Crippen LogP) is 0.250. The van der Waals surface area contributed by atoms with E-state index < -0.39 is 0 Å². The number of nitrogens with two attached hydrogens (primary N) is 1. The molecule has 0 bridgehead atoms. The first-order valence-electron chi connectivity index (χ1n) is 5.66. The summed E-state index contributed by atoms with van der Waals surface area (Å²) >= 11 is 0. The van der Waals surface area contributed by atoms with E-state index in [1.807, 2.05) is 18.2 Å². The molecule has 1 heterocycles. The highest BCUT2D eigenvalue weighted by molar-refractivity contribution is 5.44. The van der Waals surface area contributed by atoms with Crippen molar-refractivity contribution in [2.45, 2.75) is 25.9 Å². The molecule has 0 aliphatic carbocycles. The monoisotopic (exact) mass is 224 g/mol. The van der Waals surface area contributed by atoms with Gasteiger partial charge in [-0.3, -0.25) is 0 Å². The second-order valence-corrected chi connectivity index (χ2v) is 3.98. The lowest BCUT2D eigenvalue weighted by atomic mass is 10.1. The molecule has 0 amide bonds. The number of hydrogen-bond acceptors (Lipinski definition) is 3. The summed E-state index contributed by atoms with van der Waals surface area (Å²) in [6, 6.07) is 6.26. The molecule has 1 aromatic carbocycles. The first-order chi connectivity index (χ1) is 7.83. The maximum Gasteiger partial charge on any atom is 0.231 e. The molecule has 0 saturated carbocycles. The average Bonchev–Trinajstić information content (AvgIpc) is 2.77. The minimum absolute atomic E-state index is 0.223. The molecule has 0 fully saturated rings. The van der Waals surface area contributed by atoms with Crippen molar-refractivity contribution in [2.24, 2.45) is 0 Å². The number of ether oxygens (including phenoxy) is 2. The smallest absolute Gasteiger partial charge is 0.231 e. The number of quaternary nitrogens is 1. The van der Waals surface area contributed by atoms with Gasteiger partial charge in [-0.2, -0.15) is 0 Å². The summed E-state index contributed by atoms with van der Waals surface area (Å²) in [5.74, 6) is 1.64. The van der Waals surface area contributed by atoms with Gasteiger partial charge in [-0.1, -0.05) is 6.92 Å². The van der Waals surface area contributed by atoms with E-state index in [0.29, 0.717) is 6.79 Å². The van der Waals surface area contributed by atoms with Crippen LogP contribution in [0.2, 0.25) is 0 Å². The Morgan fingerprint density at radius 3 is 2.94 bits per heavy atom. The molecule has 4 heteroatoms. The van der Waals surface area contributed by atoms with Crippen LogP contribution in [0.3, 0.4) is 0 Å². The zero-order valence-electron chi connectivity index (χ0n) is 9.48.